The van der Waals surface area contributed by atoms with Crippen molar-refractivity contribution < 1.29 is 18.3 Å². The second-order valence-corrected chi connectivity index (χ2v) is 4.95. The number of benzene rings is 1. The lowest BCUT2D eigenvalue weighted by molar-refractivity contribution is -0.247. The van der Waals surface area contributed by atoms with Crippen molar-refractivity contribution in [3.05, 3.63) is 40.2 Å². The number of H-pyrrole nitrogens is 1. The Morgan fingerprint density at radius 1 is 1.25 bits per heavy atom. The number of rotatable bonds is 2. The van der Waals surface area contributed by atoms with Crippen molar-refractivity contribution in [1.82, 2.24) is 9.97 Å². The number of nitrogens with zero attached hydrogens (tertiary/aromatic N) is 1. The summed E-state index contributed by atoms with van der Waals surface area (Å²) in [6.45, 7) is 1.37. The highest BCUT2D eigenvalue weighted by Crippen LogP contribution is 2.40. The molecule has 1 atom stereocenters. The molecule has 1 unspecified atom stereocenters. The van der Waals surface area contributed by atoms with Gasteiger partial charge in [0.2, 0.25) is 5.60 Å². The SMILES string of the molecule is C/C=C\C(O)(c1nc2cc(Cl)c(Cl)cc2[nH]1)C(F)(F)F. The summed E-state index contributed by atoms with van der Waals surface area (Å²) in [7, 11) is 0. The molecule has 0 saturated heterocycles. The Morgan fingerprint density at radius 2 is 1.85 bits per heavy atom. The Bertz CT molecular complexity index is 642. The van der Waals surface area contributed by atoms with E-state index in [4.69, 9.17) is 23.2 Å². The standard InChI is InChI=1S/C12H9Cl2F3N2O/c1-2-3-11(20,12(15,16)17)10-18-8-4-6(13)7(14)5-9(8)19-10/h2-5,20H,1H3,(H,18,19)/b3-2-. The van der Waals surface area contributed by atoms with Crippen molar-refractivity contribution in [2.45, 2.75) is 18.7 Å². The highest BCUT2D eigenvalue weighted by Gasteiger charge is 2.55. The molecular formula is C12H9Cl2F3N2O. The molecule has 1 aromatic heterocycles. The lowest BCUT2D eigenvalue weighted by Gasteiger charge is -2.25. The fourth-order valence-corrected chi connectivity index (χ4v) is 2.06. The molecular weight excluding hydrogens is 316 g/mol. The highest BCUT2D eigenvalue weighted by atomic mass is 35.5. The van der Waals surface area contributed by atoms with Crippen LogP contribution in [0.4, 0.5) is 13.2 Å². The van der Waals surface area contributed by atoms with Crippen molar-refractivity contribution in [2.24, 2.45) is 0 Å². The lowest BCUT2D eigenvalue weighted by Crippen LogP contribution is -2.41. The molecule has 2 N–H and O–H groups in total. The van der Waals surface area contributed by atoms with Crippen LogP contribution in [-0.4, -0.2) is 21.3 Å². The molecule has 0 aliphatic rings. The molecule has 108 valence electrons. The molecule has 20 heavy (non-hydrogen) atoms. The smallest absolute Gasteiger partial charge is 0.370 e. The molecule has 0 amide bonds. The quantitative estimate of drug-likeness (QED) is 0.813. The second-order valence-electron chi connectivity index (χ2n) is 4.13. The summed E-state index contributed by atoms with van der Waals surface area (Å²) in [6, 6.07) is 2.67. The first kappa shape index (κ1) is 15.2. The average molecular weight is 325 g/mol. The van der Waals surface area contributed by atoms with Crippen molar-refractivity contribution in [3.63, 3.8) is 0 Å². The Balaban J connectivity index is 2.67. The van der Waals surface area contributed by atoms with E-state index in [1.54, 1.807) is 0 Å². The van der Waals surface area contributed by atoms with Gasteiger partial charge in [0, 0.05) is 0 Å². The zero-order valence-corrected chi connectivity index (χ0v) is 11.6. The van der Waals surface area contributed by atoms with Crippen molar-refractivity contribution in [3.8, 4) is 0 Å². The van der Waals surface area contributed by atoms with E-state index >= 15 is 0 Å². The van der Waals surface area contributed by atoms with Crippen LogP contribution >= 0.6 is 23.2 Å². The van der Waals surface area contributed by atoms with E-state index in [1.165, 1.54) is 19.1 Å². The lowest BCUT2D eigenvalue weighted by atomic mass is 10.0. The average Bonchev–Trinajstić information content (AvgIpc) is 2.71. The van der Waals surface area contributed by atoms with Gasteiger partial charge >= 0.3 is 6.18 Å². The van der Waals surface area contributed by atoms with Gasteiger partial charge < -0.3 is 10.1 Å². The summed E-state index contributed by atoms with van der Waals surface area (Å²) in [5.74, 6) is -0.642. The summed E-state index contributed by atoms with van der Waals surface area (Å²) in [5.41, 5.74) is -2.76. The monoisotopic (exact) mass is 324 g/mol. The van der Waals surface area contributed by atoms with Gasteiger partial charge in [-0.15, -0.1) is 0 Å². The topological polar surface area (TPSA) is 48.9 Å². The third-order valence-corrected chi connectivity index (χ3v) is 3.45. The Kier molecular flexibility index (Phi) is 3.75. The summed E-state index contributed by atoms with van der Waals surface area (Å²) < 4.78 is 39.2. The molecule has 2 aromatic rings. The van der Waals surface area contributed by atoms with E-state index < -0.39 is 17.6 Å². The number of hydrogen-bond donors (Lipinski definition) is 2. The fourth-order valence-electron chi connectivity index (χ4n) is 1.73. The number of fused-ring (bicyclic) bond motifs is 1. The van der Waals surface area contributed by atoms with E-state index in [2.05, 4.69) is 9.97 Å². The maximum atomic E-state index is 13.1. The minimum absolute atomic E-state index is 0.166. The van der Waals surface area contributed by atoms with Gasteiger partial charge in [0.25, 0.3) is 0 Å². The van der Waals surface area contributed by atoms with Crippen LogP contribution in [0.5, 0.6) is 0 Å². The summed E-state index contributed by atoms with van der Waals surface area (Å²) in [4.78, 5) is 6.17. The Labute approximate surface area is 122 Å². The van der Waals surface area contributed by atoms with Gasteiger partial charge in [-0.25, -0.2) is 4.98 Å². The molecule has 0 aliphatic carbocycles. The van der Waals surface area contributed by atoms with Crippen LogP contribution in [0.3, 0.4) is 0 Å². The van der Waals surface area contributed by atoms with E-state index in [-0.39, 0.29) is 21.1 Å². The van der Waals surface area contributed by atoms with E-state index in [0.29, 0.717) is 6.08 Å². The predicted molar refractivity (Wildman–Crippen MR) is 70.9 cm³/mol. The third-order valence-electron chi connectivity index (χ3n) is 2.73. The molecule has 0 spiro atoms. The molecule has 1 heterocycles. The highest BCUT2D eigenvalue weighted by molar-refractivity contribution is 6.42. The molecule has 0 fully saturated rings. The molecule has 1 aromatic carbocycles. The molecule has 0 aliphatic heterocycles. The van der Waals surface area contributed by atoms with E-state index in [9.17, 15) is 18.3 Å². The molecule has 8 heteroatoms. The first-order valence-corrected chi connectivity index (χ1v) is 6.23. The van der Waals surface area contributed by atoms with Gasteiger partial charge in [-0.3, -0.25) is 0 Å². The Hall–Kier alpha value is -1.24. The van der Waals surface area contributed by atoms with Crippen LogP contribution in [-0.2, 0) is 5.60 Å². The van der Waals surface area contributed by atoms with E-state index in [1.807, 2.05) is 0 Å². The number of nitrogens with one attached hydrogen (secondary N) is 1. The first-order valence-electron chi connectivity index (χ1n) is 5.47. The van der Waals surface area contributed by atoms with Gasteiger partial charge in [-0.1, -0.05) is 29.3 Å². The number of allylic oxidation sites excluding steroid dienone is 1. The van der Waals surface area contributed by atoms with E-state index in [0.717, 1.165) is 6.08 Å². The third kappa shape index (κ3) is 2.39. The van der Waals surface area contributed by atoms with Gasteiger partial charge in [-0.2, -0.15) is 13.2 Å². The van der Waals surface area contributed by atoms with Crippen LogP contribution in [0.15, 0.2) is 24.3 Å². The van der Waals surface area contributed by atoms with Crippen LogP contribution in [0.2, 0.25) is 10.0 Å². The number of imidazole rings is 1. The van der Waals surface area contributed by atoms with Crippen molar-refractivity contribution >= 4 is 34.2 Å². The zero-order chi connectivity index (χ0) is 15.1. The predicted octanol–water partition coefficient (Wildman–Crippen LogP) is 4.20. The van der Waals surface area contributed by atoms with Crippen LogP contribution in [0, 0.1) is 0 Å². The maximum absolute atomic E-state index is 13.1. The molecule has 2 rings (SSSR count). The summed E-state index contributed by atoms with van der Waals surface area (Å²) in [6.07, 6.45) is -3.20. The van der Waals surface area contributed by atoms with Crippen molar-refractivity contribution in [1.29, 1.82) is 0 Å². The van der Waals surface area contributed by atoms with Gasteiger partial charge in [-0.05, 0) is 25.1 Å². The maximum Gasteiger partial charge on any atom is 0.428 e. The largest absolute Gasteiger partial charge is 0.428 e. The molecule has 3 nitrogen and oxygen atoms in total. The Morgan fingerprint density at radius 3 is 2.40 bits per heavy atom. The van der Waals surface area contributed by atoms with Crippen LogP contribution < -0.4 is 0 Å². The van der Waals surface area contributed by atoms with Gasteiger partial charge in [0.1, 0.15) is 0 Å². The minimum Gasteiger partial charge on any atom is -0.370 e. The molecule has 0 bridgehead atoms. The fraction of sp³-hybridized carbons (Fsp3) is 0.250. The number of alkyl halides is 3. The molecule has 0 saturated carbocycles. The summed E-state index contributed by atoms with van der Waals surface area (Å²) in [5, 5.41) is 10.2. The number of aliphatic hydroxyl groups is 1. The summed E-state index contributed by atoms with van der Waals surface area (Å²) >= 11 is 11.6. The minimum atomic E-state index is -4.92. The normalized spacial score (nSPS) is 15.9. The zero-order valence-electron chi connectivity index (χ0n) is 10.1. The van der Waals surface area contributed by atoms with Gasteiger partial charge in [0.05, 0.1) is 21.1 Å². The number of aromatic amines is 1. The number of hydrogen-bond acceptors (Lipinski definition) is 2. The van der Waals surface area contributed by atoms with Crippen LogP contribution in [0.25, 0.3) is 11.0 Å². The molecule has 0 radical (unpaired) electrons. The number of aromatic nitrogens is 2. The van der Waals surface area contributed by atoms with Gasteiger partial charge in [0.15, 0.2) is 5.82 Å². The number of halogens is 5. The van der Waals surface area contributed by atoms with Crippen molar-refractivity contribution in [2.75, 3.05) is 0 Å². The second kappa shape index (κ2) is 4.95. The first-order chi connectivity index (χ1) is 9.19. The van der Waals surface area contributed by atoms with Crippen LogP contribution in [0.1, 0.15) is 12.7 Å².